The number of sulfonamides is 1. The van der Waals surface area contributed by atoms with Crippen LogP contribution in [0.2, 0.25) is 5.02 Å². The third kappa shape index (κ3) is 5.68. The second kappa shape index (κ2) is 8.69. The molecule has 156 valence electrons. The highest BCUT2D eigenvalue weighted by Crippen LogP contribution is 2.29. The van der Waals surface area contributed by atoms with Crippen LogP contribution in [0.5, 0.6) is 0 Å². The lowest BCUT2D eigenvalue weighted by molar-refractivity contribution is -0.126. The van der Waals surface area contributed by atoms with Crippen molar-refractivity contribution in [3.63, 3.8) is 0 Å². The third-order valence-corrected chi connectivity index (χ3v) is 8.94. The van der Waals surface area contributed by atoms with Crippen molar-refractivity contribution in [2.45, 2.75) is 43.0 Å². The Bertz CT molecular complexity index is 908. The van der Waals surface area contributed by atoms with Crippen molar-refractivity contribution < 1.29 is 21.6 Å². The van der Waals surface area contributed by atoms with E-state index in [0.29, 0.717) is 30.8 Å². The monoisotopic (exact) mass is 448 g/mol. The molecule has 0 aromatic heterocycles. The Morgan fingerprint density at radius 2 is 1.71 bits per heavy atom. The fraction of sp³-hybridized carbons (Fsp3) is 0.611. The van der Waals surface area contributed by atoms with Gasteiger partial charge in [-0.25, -0.2) is 21.6 Å². The number of carbonyl (C=O) groups excluding carboxylic acids is 1. The molecule has 1 aliphatic carbocycles. The number of carbonyl (C=O) groups is 1. The van der Waals surface area contributed by atoms with Gasteiger partial charge in [-0.05, 0) is 62.3 Å². The van der Waals surface area contributed by atoms with E-state index in [-0.39, 0.29) is 40.2 Å². The van der Waals surface area contributed by atoms with Gasteiger partial charge in [-0.2, -0.15) is 0 Å². The number of halogens is 1. The molecule has 7 nitrogen and oxygen atoms in total. The molecule has 2 fully saturated rings. The van der Waals surface area contributed by atoms with Crippen LogP contribution < -0.4 is 10.0 Å². The standard InChI is InChI=1S/C18H25ClN2O5S2/c19-15-5-7-17(8-6-15)28(25,26)20-11-13-1-3-14(4-2-13)18(22)21-16-9-10-27(23,24)12-16/h5-8,13-14,16,20H,1-4,9-12H2,(H,21,22). The molecule has 2 aliphatic rings. The highest BCUT2D eigenvalue weighted by atomic mass is 35.5. The van der Waals surface area contributed by atoms with Crippen LogP contribution in [0.25, 0.3) is 0 Å². The molecular formula is C18H25ClN2O5S2. The van der Waals surface area contributed by atoms with Gasteiger partial charge in [0, 0.05) is 23.5 Å². The zero-order valence-electron chi connectivity index (χ0n) is 15.4. The van der Waals surface area contributed by atoms with Crippen molar-refractivity contribution in [3.8, 4) is 0 Å². The molecule has 1 atom stereocenters. The van der Waals surface area contributed by atoms with Crippen molar-refractivity contribution in [3.05, 3.63) is 29.3 Å². The summed E-state index contributed by atoms with van der Waals surface area (Å²) in [6, 6.07) is 5.73. The van der Waals surface area contributed by atoms with E-state index in [2.05, 4.69) is 10.0 Å². The Labute approximate surface area is 171 Å². The predicted molar refractivity (Wildman–Crippen MR) is 107 cm³/mol. The van der Waals surface area contributed by atoms with Crippen molar-refractivity contribution in [1.29, 1.82) is 0 Å². The van der Waals surface area contributed by atoms with Crippen molar-refractivity contribution in [2.75, 3.05) is 18.1 Å². The fourth-order valence-corrected chi connectivity index (χ4v) is 6.70. The van der Waals surface area contributed by atoms with Crippen LogP contribution in [-0.2, 0) is 24.7 Å². The molecule has 3 rings (SSSR count). The van der Waals surface area contributed by atoms with Gasteiger partial charge in [-0.15, -0.1) is 0 Å². The number of hydrogen-bond donors (Lipinski definition) is 2. The van der Waals surface area contributed by atoms with Gasteiger partial charge in [0.15, 0.2) is 9.84 Å². The van der Waals surface area contributed by atoms with Gasteiger partial charge in [0.1, 0.15) is 0 Å². The number of nitrogens with one attached hydrogen (secondary N) is 2. The summed E-state index contributed by atoms with van der Waals surface area (Å²) >= 11 is 5.79. The van der Waals surface area contributed by atoms with E-state index in [1.807, 2.05) is 0 Å². The molecule has 28 heavy (non-hydrogen) atoms. The lowest BCUT2D eigenvalue weighted by Crippen LogP contribution is -2.41. The zero-order chi connectivity index (χ0) is 20.4. The minimum Gasteiger partial charge on any atom is -0.352 e. The first-order valence-corrected chi connectivity index (χ1v) is 13.1. The average molecular weight is 449 g/mol. The molecule has 0 radical (unpaired) electrons. The Morgan fingerprint density at radius 1 is 1.07 bits per heavy atom. The van der Waals surface area contributed by atoms with E-state index in [4.69, 9.17) is 11.6 Å². The van der Waals surface area contributed by atoms with E-state index in [1.54, 1.807) is 0 Å². The predicted octanol–water partition coefficient (Wildman–Crippen LogP) is 1.73. The van der Waals surface area contributed by atoms with E-state index in [0.717, 1.165) is 12.8 Å². The topological polar surface area (TPSA) is 109 Å². The highest BCUT2D eigenvalue weighted by molar-refractivity contribution is 7.91. The summed E-state index contributed by atoms with van der Waals surface area (Å²) in [7, 11) is -6.59. The fourth-order valence-electron chi connectivity index (χ4n) is 3.78. The minimum absolute atomic E-state index is 0.0283. The molecule has 1 aromatic rings. The quantitative estimate of drug-likeness (QED) is 0.688. The summed E-state index contributed by atoms with van der Waals surface area (Å²) in [4.78, 5) is 12.6. The van der Waals surface area contributed by atoms with Gasteiger partial charge in [0.25, 0.3) is 0 Å². The second-order valence-electron chi connectivity index (χ2n) is 7.63. The van der Waals surface area contributed by atoms with E-state index in [1.165, 1.54) is 24.3 Å². The molecule has 1 unspecified atom stereocenters. The number of sulfone groups is 1. The first kappa shape index (κ1) is 21.5. The molecule has 0 bridgehead atoms. The number of benzene rings is 1. The molecule has 2 N–H and O–H groups in total. The van der Waals surface area contributed by atoms with Crippen LogP contribution >= 0.6 is 11.6 Å². The van der Waals surface area contributed by atoms with Crippen LogP contribution in [0.15, 0.2) is 29.2 Å². The van der Waals surface area contributed by atoms with Gasteiger partial charge in [0.2, 0.25) is 15.9 Å². The third-order valence-electron chi connectivity index (χ3n) is 5.48. The molecule has 0 spiro atoms. The Kier molecular flexibility index (Phi) is 6.69. The van der Waals surface area contributed by atoms with Crippen LogP contribution in [0, 0.1) is 11.8 Å². The van der Waals surface area contributed by atoms with Crippen LogP contribution in [-0.4, -0.2) is 46.8 Å². The van der Waals surface area contributed by atoms with Crippen molar-refractivity contribution in [1.82, 2.24) is 10.0 Å². The minimum atomic E-state index is -3.58. The molecule has 10 heteroatoms. The number of rotatable bonds is 6. The SMILES string of the molecule is O=C(NC1CCS(=O)(=O)C1)C1CCC(CNS(=O)(=O)c2ccc(Cl)cc2)CC1. The number of amides is 1. The largest absolute Gasteiger partial charge is 0.352 e. The van der Waals surface area contributed by atoms with E-state index < -0.39 is 19.9 Å². The summed E-state index contributed by atoms with van der Waals surface area (Å²) < 4.78 is 50.3. The average Bonchev–Trinajstić information content (AvgIpc) is 2.99. The number of hydrogen-bond acceptors (Lipinski definition) is 5. The van der Waals surface area contributed by atoms with Crippen LogP contribution in [0.4, 0.5) is 0 Å². The van der Waals surface area contributed by atoms with Crippen molar-refractivity contribution in [2.24, 2.45) is 11.8 Å². The lowest BCUT2D eigenvalue weighted by Gasteiger charge is -2.28. The summed E-state index contributed by atoms with van der Waals surface area (Å²) in [5.74, 6) is 0.131. The summed E-state index contributed by atoms with van der Waals surface area (Å²) in [5, 5.41) is 3.34. The van der Waals surface area contributed by atoms with Gasteiger partial charge >= 0.3 is 0 Å². The summed E-state index contributed by atoms with van der Waals surface area (Å²) in [6.45, 7) is 0.333. The van der Waals surface area contributed by atoms with Gasteiger partial charge in [-0.1, -0.05) is 11.6 Å². The van der Waals surface area contributed by atoms with Gasteiger partial charge in [0.05, 0.1) is 16.4 Å². The molecular weight excluding hydrogens is 424 g/mol. The maximum Gasteiger partial charge on any atom is 0.240 e. The van der Waals surface area contributed by atoms with Crippen molar-refractivity contribution >= 4 is 37.4 Å². The molecule has 1 saturated heterocycles. The van der Waals surface area contributed by atoms with E-state index >= 15 is 0 Å². The first-order valence-electron chi connectivity index (χ1n) is 9.41. The second-order valence-corrected chi connectivity index (χ2v) is 12.1. The molecule has 1 aliphatic heterocycles. The zero-order valence-corrected chi connectivity index (χ0v) is 17.8. The Morgan fingerprint density at radius 3 is 2.29 bits per heavy atom. The lowest BCUT2D eigenvalue weighted by atomic mass is 9.81. The van der Waals surface area contributed by atoms with Gasteiger partial charge < -0.3 is 5.32 Å². The first-order chi connectivity index (χ1) is 13.1. The maximum absolute atomic E-state index is 12.4. The van der Waals surface area contributed by atoms with Gasteiger partial charge in [-0.3, -0.25) is 4.79 Å². The van der Waals surface area contributed by atoms with Crippen LogP contribution in [0.1, 0.15) is 32.1 Å². The maximum atomic E-state index is 12.4. The molecule has 1 amide bonds. The molecule has 1 aromatic carbocycles. The molecule has 1 heterocycles. The normalized spacial score (nSPS) is 27.4. The Hall–Kier alpha value is -1.16. The Balaban J connectivity index is 1.44. The summed E-state index contributed by atoms with van der Waals surface area (Å²) in [5.41, 5.74) is 0. The van der Waals surface area contributed by atoms with Crippen LogP contribution in [0.3, 0.4) is 0 Å². The smallest absolute Gasteiger partial charge is 0.240 e. The molecule has 1 saturated carbocycles. The summed E-state index contributed by atoms with van der Waals surface area (Å²) in [6.07, 6.45) is 3.35. The van der Waals surface area contributed by atoms with E-state index in [9.17, 15) is 21.6 Å². The highest BCUT2D eigenvalue weighted by Gasteiger charge is 2.32.